The van der Waals surface area contributed by atoms with Gasteiger partial charge in [-0.05, 0) is 26.3 Å². The van der Waals surface area contributed by atoms with E-state index < -0.39 is 0 Å². The first-order valence-corrected chi connectivity index (χ1v) is 6.49. The molecule has 1 atom stereocenters. The average molecular weight is 255 g/mol. The van der Waals surface area contributed by atoms with Crippen LogP contribution < -0.4 is 4.74 Å². The van der Waals surface area contributed by atoms with E-state index in [9.17, 15) is 0 Å². The summed E-state index contributed by atoms with van der Waals surface area (Å²) in [5.41, 5.74) is 2.06. The number of ether oxygens (including phenoxy) is 1. The van der Waals surface area contributed by atoms with Crippen molar-refractivity contribution in [3.05, 3.63) is 23.5 Å². The van der Waals surface area contributed by atoms with Crippen molar-refractivity contribution in [1.82, 2.24) is 9.88 Å². The third-order valence-corrected chi connectivity index (χ3v) is 3.41. The first kappa shape index (κ1) is 12.7. The molecule has 2 heterocycles. The molecular weight excluding hydrogens is 236 g/mol. The standard InChI is InChI=1S/C13H19ClN2O/c1-10-6-13(17-2)7-12(15-10)9-16-5-3-4-11(14)8-16/h6-7,11H,3-5,8-9H2,1-2H3. The van der Waals surface area contributed by atoms with Crippen LogP contribution in [0, 0.1) is 6.92 Å². The molecule has 2 rings (SSSR count). The summed E-state index contributed by atoms with van der Waals surface area (Å²) in [4.78, 5) is 6.90. The van der Waals surface area contributed by atoms with Crippen molar-refractivity contribution >= 4 is 11.6 Å². The number of aryl methyl sites for hydroxylation is 1. The molecule has 0 amide bonds. The van der Waals surface area contributed by atoms with Crippen molar-refractivity contribution in [3.8, 4) is 5.75 Å². The highest BCUT2D eigenvalue weighted by molar-refractivity contribution is 6.20. The maximum atomic E-state index is 6.18. The third kappa shape index (κ3) is 3.58. The topological polar surface area (TPSA) is 25.4 Å². The molecular formula is C13H19ClN2O. The Balaban J connectivity index is 2.04. The summed E-state index contributed by atoms with van der Waals surface area (Å²) in [6.07, 6.45) is 2.31. The van der Waals surface area contributed by atoms with Gasteiger partial charge in [-0.3, -0.25) is 9.88 Å². The predicted octanol–water partition coefficient (Wildman–Crippen LogP) is 2.60. The van der Waals surface area contributed by atoms with Crippen LogP contribution in [0.5, 0.6) is 5.75 Å². The maximum absolute atomic E-state index is 6.18. The zero-order valence-corrected chi connectivity index (χ0v) is 11.2. The van der Waals surface area contributed by atoms with E-state index in [1.165, 1.54) is 6.42 Å². The van der Waals surface area contributed by atoms with Gasteiger partial charge in [-0.25, -0.2) is 0 Å². The Morgan fingerprint density at radius 3 is 3.06 bits per heavy atom. The van der Waals surface area contributed by atoms with Crippen LogP contribution in [-0.2, 0) is 6.54 Å². The Hall–Kier alpha value is -0.800. The van der Waals surface area contributed by atoms with E-state index in [0.29, 0.717) is 0 Å². The van der Waals surface area contributed by atoms with E-state index in [-0.39, 0.29) is 5.38 Å². The summed E-state index contributed by atoms with van der Waals surface area (Å²) in [6.45, 7) is 4.93. The Morgan fingerprint density at radius 1 is 1.53 bits per heavy atom. The third-order valence-electron chi connectivity index (χ3n) is 3.05. The minimum absolute atomic E-state index is 0.287. The molecule has 17 heavy (non-hydrogen) atoms. The molecule has 3 nitrogen and oxygen atoms in total. The van der Waals surface area contributed by atoms with Gasteiger partial charge in [-0.15, -0.1) is 11.6 Å². The second kappa shape index (κ2) is 5.69. The van der Waals surface area contributed by atoms with Gasteiger partial charge in [0.2, 0.25) is 0 Å². The predicted molar refractivity (Wildman–Crippen MR) is 69.7 cm³/mol. The van der Waals surface area contributed by atoms with Crippen molar-refractivity contribution in [1.29, 1.82) is 0 Å². The van der Waals surface area contributed by atoms with Gasteiger partial charge >= 0.3 is 0 Å². The number of rotatable bonds is 3. The number of nitrogens with zero attached hydrogens (tertiary/aromatic N) is 2. The maximum Gasteiger partial charge on any atom is 0.122 e. The summed E-state index contributed by atoms with van der Waals surface area (Å²) >= 11 is 6.18. The minimum atomic E-state index is 0.287. The lowest BCUT2D eigenvalue weighted by Gasteiger charge is -2.29. The van der Waals surface area contributed by atoms with E-state index >= 15 is 0 Å². The van der Waals surface area contributed by atoms with Gasteiger partial charge in [-0.1, -0.05) is 0 Å². The molecule has 0 spiro atoms. The van der Waals surface area contributed by atoms with Crippen LogP contribution in [0.2, 0.25) is 0 Å². The SMILES string of the molecule is COc1cc(C)nc(CN2CCCC(Cl)C2)c1. The lowest BCUT2D eigenvalue weighted by Crippen LogP contribution is -2.35. The van der Waals surface area contributed by atoms with Gasteiger partial charge in [0.15, 0.2) is 0 Å². The molecule has 1 aromatic rings. The lowest BCUT2D eigenvalue weighted by atomic mass is 10.1. The quantitative estimate of drug-likeness (QED) is 0.776. The molecule has 0 aromatic carbocycles. The van der Waals surface area contributed by atoms with Crippen LogP contribution in [-0.4, -0.2) is 35.5 Å². The number of alkyl halides is 1. The molecule has 1 aromatic heterocycles. The fourth-order valence-electron chi connectivity index (χ4n) is 2.27. The van der Waals surface area contributed by atoms with Crippen LogP contribution in [0.15, 0.2) is 12.1 Å². The number of halogens is 1. The van der Waals surface area contributed by atoms with Crippen molar-refractivity contribution in [2.75, 3.05) is 20.2 Å². The smallest absolute Gasteiger partial charge is 0.122 e. The zero-order chi connectivity index (χ0) is 12.3. The monoisotopic (exact) mass is 254 g/mol. The van der Waals surface area contributed by atoms with E-state index in [1.807, 2.05) is 19.1 Å². The molecule has 0 aliphatic carbocycles. The first-order valence-electron chi connectivity index (χ1n) is 6.05. The second-order valence-electron chi connectivity index (χ2n) is 4.61. The highest BCUT2D eigenvalue weighted by Gasteiger charge is 2.18. The number of aromatic nitrogens is 1. The largest absolute Gasteiger partial charge is 0.497 e. The van der Waals surface area contributed by atoms with Gasteiger partial charge in [0.1, 0.15) is 5.75 Å². The normalized spacial score (nSPS) is 21.5. The molecule has 4 heteroatoms. The number of methoxy groups -OCH3 is 1. The van der Waals surface area contributed by atoms with Crippen molar-refractivity contribution < 1.29 is 4.74 Å². The van der Waals surface area contributed by atoms with Gasteiger partial charge < -0.3 is 4.74 Å². The first-order chi connectivity index (χ1) is 8.17. The number of hydrogen-bond donors (Lipinski definition) is 0. The Morgan fingerprint density at radius 2 is 2.35 bits per heavy atom. The lowest BCUT2D eigenvalue weighted by molar-refractivity contribution is 0.221. The highest BCUT2D eigenvalue weighted by Crippen LogP contribution is 2.19. The molecule has 1 unspecified atom stereocenters. The van der Waals surface area contributed by atoms with Gasteiger partial charge in [0.05, 0.1) is 12.8 Å². The Bertz CT molecular complexity index is 384. The fraction of sp³-hybridized carbons (Fsp3) is 0.615. The molecule has 1 saturated heterocycles. The second-order valence-corrected chi connectivity index (χ2v) is 5.23. The molecule has 0 radical (unpaired) electrons. The fourth-order valence-corrected chi connectivity index (χ4v) is 2.62. The van der Waals surface area contributed by atoms with E-state index in [4.69, 9.17) is 16.3 Å². The van der Waals surface area contributed by atoms with Crippen molar-refractivity contribution in [3.63, 3.8) is 0 Å². The molecule has 1 fully saturated rings. The number of piperidine rings is 1. The molecule has 1 aliphatic rings. The molecule has 94 valence electrons. The van der Waals surface area contributed by atoms with Crippen LogP contribution in [0.3, 0.4) is 0 Å². The van der Waals surface area contributed by atoms with Gasteiger partial charge in [-0.2, -0.15) is 0 Å². The van der Waals surface area contributed by atoms with E-state index in [2.05, 4.69) is 9.88 Å². The Kier molecular flexibility index (Phi) is 4.24. The minimum Gasteiger partial charge on any atom is -0.497 e. The molecule has 0 saturated carbocycles. The summed E-state index contributed by atoms with van der Waals surface area (Å²) in [5, 5.41) is 0.287. The number of likely N-dealkylation sites (tertiary alicyclic amines) is 1. The van der Waals surface area contributed by atoms with Crippen molar-refractivity contribution in [2.45, 2.75) is 31.7 Å². The number of hydrogen-bond acceptors (Lipinski definition) is 3. The van der Waals surface area contributed by atoms with E-state index in [0.717, 1.165) is 43.2 Å². The van der Waals surface area contributed by atoms with Gasteiger partial charge in [0, 0.05) is 36.3 Å². The molecule has 1 aliphatic heterocycles. The van der Waals surface area contributed by atoms with E-state index in [1.54, 1.807) is 7.11 Å². The molecule has 0 bridgehead atoms. The highest BCUT2D eigenvalue weighted by atomic mass is 35.5. The van der Waals surface area contributed by atoms with Crippen LogP contribution in [0.25, 0.3) is 0 Å². The summed E-state index contributed by atoms with van der Waals surface area (Å²) < 4.78 is 5.26. The summed E-state index contributed by atoms with van der Waals surface area (Å²) in [5.74, 6) is 0.881. The Labute approximate surface area is 108 Å². The van der Waals surface area contributed by atoms with Crippen molar-refractivity contribution in [2.24, 2.45) is 0 Å². The summed E-state index contributed by atoms with van der Waals surface area (Å²) in [6, 6.07) is 3.95. The summed E-state index contributed by atoms with van der Waals surface area (Å²) in [7, 11) is 1.69. The zero-order valence-electron chi connectivity index (χ0n) is 10.4. The average Bonchev–Trinajstić information content (AvgIpc) is 2.28. The van der Waals surface area contributed by atoms with Crippen LogP contribution in [0.4, 0.5) is 0 Å². The van der Waals surface area contributed by atoms with Crippen LogP contribution in [0.1, 0.15) is 24.2 Å². The van der Waals surface area contributed by atoms with Gasteiger partial charge in [0.25, 0.3) is 0 Å². The molecule has 0 N–H and O–H groups in total. The van der Waals surface area contributed by atoms with Crippen LogP contribution >= 0.6 is 11.6 Å². The number of pyridine rings is 1.